The van der Waals surface area contributed by atoms with E-state index >= 15 is 0 Å². The first-order chi connectivity index (χ1) is 13.7. The van der Waals surface area contributed by atoms with Crippen molar-refractivity contribution in [3.8, 4) is 16.9 Å². The molecule has 0 saturated carbocycles. The molecule has 0 aliphatic heterocycles. The van der Waals surface area contributed by atoms with Crippen molar-refractivity contribution in [3.63, 3.8) is 0 Å². The van der Waals surface area contributed by atoms with Crippen LogP contribution in [0.1, 0.15) is 0 Å². The third kappa shape index (κ3) is 3.04. The van der Waals surface area contributed by atoms with E-state index in [9.17, 15) is 9.59 Å². The summed E-state index contributed by atoms with van der Waals surface area (Å²) in [5.74, 6) is 0. The predicted molar refractivity (Wildman–Crippen MR) is 119 cm³/mol. The van der Waals surface area contributed by atoms with E-state index in [1.807, 2.05) is 0 Å². The molecule has 0 atom stereocenters. The molecule has 2 N–H and O–H groups in total. The molecular weight excluding hydrogens is 435 g/mol. The normalized spacial score (nSPS) is 11.3. The quantitative estimate of drug-likeness (QED) is 0.465. The van der Waals surface area contributed by atoms with Crippen molar-refractivity contribution >= 4 is 51.4 Å². The van der Waals surface area contributed by atoms with Gasteiger partial charge in [-0.1, -0.05) is 46.9 Å². The summed E-state index contributed by atoms with van der Waals surface area (Å²) in [6.45, 7) is 0. The highest BCUT2D eigenvalue weighted by atomic mass is 35.5. The maximum atomic E-state index is 13.0. The van der Waals surface area contributed by atoms with Crippen LogP contribution in [0, 0.1) is 0 Å². The van der Waals surface area contributed by atoms with Crippen molar-refractivity contribution in [1.29, 1.82) is 0 Å². The fraction of sp³-hybridized carbons (Fsp3) is 0.100. The van der Waals surface area contributed by atoms with Gasteiger partial charge in [0.05, 0.1) is 38.0 Å². The van der Waals surface area contributed by atoms with Crippen molar-refractivity contribution in [3.05, 3.63) is 78.5 Å². The Morgan fingerprint density at radius 3 is 2.21 bits per heavy atom. The van der Waals surface area contributed by atoms with Crippen molar-refractivity contribution < 1.29 is 0 Å². The highest BCUT2D eigenvalue weighted by Gasteiger charge is 2.21. The molecule has 2 aromatic carbocycles. The van der Waals surface area contributed by atoms with E-state index in [2.05, 4.69) is 0 Å². The van der Waals surface area contributed by atoms with Gasteiger partial charge < -0.3 is 10.3 Å². The first-order valence-electron chi connectivity index (χ1n) is 8.52. The van der Waals surface area contributed by atoms with Gasteiger partial charge in [0.15, 0.2) is 0 Å². The van der Waals surface area contributed by atoms with Gasteiger partial charge in [-0.3, -0.25) is 13.9 Å². The Kier molecular flexibility index (Phi) is 4.73. The van der Waals surface area contributed by atoms with Crippen LogP contribution < -0.4 is 17.0 Å². The number of nitrogen functional groups attached to an aromatic ring is 1. The zero-order chi connectivity index (χ0) is 21.0. The van der Waals surface area contributed by atoms with Crippen LogP contribution in [0.15, 0.2) is 52.2 Å². The van der Waals surface area contributed by atoms with Crippen LogP contribution in [0.25, 0.3) is 27.8 Å². The second kappa shape index (κ2) is 6.99. The predicted octanol–water partition coefficient (Wildman–Crippen LogP) is 4.24. The molecule has 29 heavy (non-hydrogen) atoms. The lowest BCUT2D eigenvalue weighted by Gasteiger charge is -2.13. The smallest absolute Gasteiger partial charge is 0.330 e. The zero-order valence-electron chi connectivity index (χ0n) is 15.4. The number of hydrogen-bond acceptors (Lipinski definition) is 3. The summed E-state index contributed by atoms with van der Waals surface area (Å²) in [7, 11) is 3.05. The van der Waals surface area contributed by atoms with Gasteiger partial charge in [-0.05, 0) is 29.8 Å². The molecule has 0 radical (unpaired) electrons. The number of hydrogen-bond donors (Lipinski definition) is 1. The lowest BCUT2D eigenvalue weighted by atomic mass is 10.1. The highest BCUT2D eigenvalue weighted by Crippen LogP contribution is 2.36. The lowest BCUT2D eigenvalue weighted by Crippen LogP contribution is -2.36. The van der Waals surface area contributed by atoms with Gasteiger partial charge in [-0.15, -0.1) is 0 Å². The van der Waals surface area contributed by atoms with Gasteiger partial charge in [-0.25, -0.2) is 4.79 Å². The van der Waals surface area contributed by atoms with Gasteiger partial charge >= 0.3 is 5.69 Å². The van der Waals surface area contributed by atoms with Crippen molar-refractivity contribution in [1.82, 2.24) is 13.7 Å². The summed E-state index contributed by atoms with van der Waals surface area (Å²) in [5.41, 5.74) is 7.79. The summed E-state index contributed by atoms with van der Waals surface area (Å²) in [6.07, 6.45) is 1.69. The van der Waals surface area contributed by atoms with Crippen LogP contribution in [-0.4, -0.2) is 13.7 Å². The maximum absolute atomic E-state index is 13.0. The summed E-state index contributed by atoms with van der Waals surface area (Å²) < 4.78 is 4.23. The minimum Gasteiger partial charge on any atom is -0.397 e. The summed E-state index contributed by atoms with van der Waals surface area (Å²) in [4.78, 5) is 25.5. The zero-order valence-corrected chi connectivity index (χ0v) is 17.7. The number of rotatable bonds is 2. The molecule has 0 bridgehead atoms. The number of nitrogens with zero attached hydrogens (tertiary/aromatic N) is 3. The highest BCUT2D eigenvalue weighted by molar-refractivity contribution is 6.37. The molecule has 9 heteroatoms. The van der Waals surface area contributed by atoms with Crippen LogP contribution >= 0.6 is 34.8 Å². The third-order valence-corrected chi connectivity index (χ3v) is 5.76. The number of fused-ring (bicyclic) bond motifs is 1. The fourth-order valence-corrected chi connectivity index (χ4v) is 3.96. The lowest BCUT2D eigenvalue weighted by molar-refractivity contribution is 0.714. The second-order valence-electron chi connectivity index (χ2n) is 6.65. The molecular formula is C20H15Cl3N4O2. The molecule has 148 valence electrons. The molecule has 4 rings (SSSR count). The minimum absolute atomic E-state index is 0.326. The maximum Gasteiger partial charge on any atom is 0.330 e. The fourth-order valence-electron chi connectivity index (χ4n) is 3.36. The van der Waals surface area contributed by atoms with E-state index in [0.29, 0.717) is 43.0 Å². The molecule has 0 saturated heterocycles. The molecule has 0 aliphatic rings. The monoisotopic (exact) mass is 448 g/mol. The number of anilines is 1. The van der Waals surface area contributed by atoms with Crippen LogP contribution in [-0.2, 0) is 14.1 Å². The standard InChI is InChI=1S/C20H15Cl3N4O2/c1-25-16-9-27(15-8-14(24)12(22)7-13(15)23)18(10-3-5-11(21)6-4-10)17(16)19(28)26(2)20(25)29/h3-9H,24H2,1-2H3. The van der Waals surface area contributed by atoms with Crippen LogP contribution in [0.5, 0.6) is 0 Å². The Labute approximate surface area is 180 Å². The van der Waals surface area contributed by atoms with Crippen LogP contribution in [0.3, 0.4) is 0 Å². The third-order valence-electron chi connectivity index (χ3n) is 4.88. The van der Waals surface area contributed by atoms with Crippen molar-refractivity contribution in [2.24, 2.45) is 14.1 Å². The molecule has 6 nitrogen and oxygen atoms in total. The number of benzene rings is 2. The van der Waals surface area contributed by atoms with Gasteiger partial charge in [-0.2, -0.15) is 0 Å². The molecule has 0 spiro atoms. The van der Waals surface area contributed by atoms with Crippen molar-refractivity contribution in [2.75, 3.05) is 5.73 Å². The first-order valence-corrected chi connectivity index (χ1v) is 9.66. The van der Waals surface area contributed by atoms with E-state index < -0.39 is 11.2 Å². The molecule has 0 unspecified atom stereocenters. The summed E-state index contributed by atoms with van der Waals surface area (Å²) in [5, 5.41) is 1.61. The molecule has 0 fully saturated rings. The Hall–Kier alpha value is -2.67. The average Bonchev–Trinajstić information content (AvgIpc) is 3.08. The van der Waals surface area contributed by atoms with Gasteiger partial charge in [0.2, 0.25) is 0 Å². The molecule has 2 aromatic heterocycles. The van der Waals surface area contributed by atoms with Crippen LogP contribution in [0.2, 0.25) is 15.1 Å². The molecule has 0 aliphatic carbocycles. The van der Waals surface area contributed by atoms with Crippen molar-refractivity contribution in [2.45, 2.75) is 0 Å². The summed E-state index contributed by atoms with van der Waals surface area (Å²) in [6, 6.07) is 10.2. The molecule has 4 aromatic rings. The van der Waals surface area contributed by atoms with E-state index in [0.717, 1.165) is 10.1 Å². The minimum atomic E-state index is -0.427. The number of halogens is 3. The Bertz CT molecular complexity index is 1400. The van der Waals surface area contributed by atoms with E-state index in [1.54, 1.807) is 54.2 Å². The van der Waals surface area contributed by atoms with Crippen LogP contribution in [0.4, 0.5) is 5.69 Å². The SMILES string of the molecule is Cn1c(=O)c2c(-c3ccc(Cl)cc3)n(-c3cc(N)c(Cl)cc3Cl)cc2n(C)c1=O. The summed E-state index contributed by atoms with van der Waals surface area (Å²) >= 11 is 18.6. The van der Waals surface area contributed by atoms with Gasteiger partial charge in [0.25, 0.3) is 5.56 Å². The molecule has 0 amide bonds. The Balaban J connectivity index is 2.22. The van der Waals surface area contributed by atoms with E-state index in [-0.39, 0.29) is 0 Å². The largest absolute Gasteiger partial charge is 0.397 e. The van der Waals surface area contributed by atoms with E-state index in [4.69, 9.17) is 40.5 Å². The average molecular weight is 450 g/mol. The van der Waals surface area contributed by atoms with Gasteiger partial charge in [0, 0.05) is 25.3 Å². The second-order valence-corrected chi connectivity index (χ2v) is 7.90. The molecule has 2 heterocycles. The first kappa shape index (κ1) is 19.6. The Morgan fingerprint density at radius 1 is 0.897 bits per heavy atom. The Morgan fingerprint density at radius 2 is 1.55 bits per heavy atom. The number of aryl methyl sites for hydroxylation is 1. The number of nitrogens with two attached hydrogens (primary N) is 1. The van der Waals surface area contributed by atoms with E-state index in [1.165, 1.54) is 11.6 Å². The van der Waals surface area contributed by atoms with Gasteiger partial charge in [0.1, 0.15) is 0 Å². The number of aromatic nitrogens is 3. The topological polar surface area (TPSA) is 75.0 Å².